The maximum absolute atomic E-state index is 13.3. The van der Waals surface area contributed by atoms with E-state index in [2.05, 4.69) is 20.9 Å². The average Bonchev–Trinajstić information content (AvgIpc) is 2.83. The van der Waals surface area contributed by atoms with Crippen LogP contribution in [0.1, 0.15) is 49.4 Å². The van der Waals surface area contributed by atoms with Crippen LogP contribution in [0.3, 0.4) is 0 Å². The number of esters is 1. The van der Waals surface area contributed by atoms with Gasteiger partial charge >= 0.3 is 5.97 Å². The van der Waals surface area contributed by atoms with Crippen molar-refractivity contribution in [1.82, 2.24) is 16.0 Å². The Morgan fingerprint density at radius 3 is 2.36 bits per heavy atom. The van der Waals surface area contributed by atoms with Crippen LogP contribution in [0.15, 0.2) is 24.3 Å². The summed E-state index contributed by atoms with van der Waals surface area (Å²) in [4.78, 5) is 51.7. The molecule has 10 nitrogen and oxygen atoms in total. The van der Waals surface area contributed by atoms with Crippen LogP contribution < -0.4 is 20.9 Å². The molecule has 3 amide bonds. The summed E-state index contributed by atoms with van der Waals surface area (Å²) in [7, 11) is 0. The van der Waals surface area contributed by atoms with E-state index in [1.54, 1.807) is 12.1 Å². The Kier molecular flexibility index (Phi) is 6.83. The van der Waals surface area contributed by atoms with Gasteiger partial charge in [0.15, 0.2) is 6.04 Å². The molecule has 0 aromatic heterocycles. The molecule has 4 rings (SSSR count). The number of hydrogen-bond donors (Lipinski definition) is 3. The smallest absolute Gasteiger partial charge is 0.304 e. The van der Waals surface area contributed by atoms with Crippen LogP contribution in [-0.2, 0) is 23.9 Å². The van der Waals surface area contributed by atoms with E-state index in [1.807, 2.05) is 12.1 Å². The van der Waals surface area contributed by atoms with E-state index in [9.17, 15) is 19.2 Å². The van der Waals surface area contributed by atoms with Crippen molar-refractivity contribution in [3.8, 4) is 0 Å². The van der Waals surface area contributed by atoms with Gasteiger partial charge in [-0.3, -0.25) is 19.2 Å². The molecule has 1 aromatic carbocycles. The predicted molar refractivity (Wildman–Crippen MR) is 118 cm³/mol. The Bertz CT molecular complexity index is 906. The molecule has 3 aliphatic rings. The Labute approximate surface area is 192 Å². The molecule has 1 aliphatic carbocycles. The molecule has 1 aromatic rings. The van der Waals surface area contributed by atoms with Crippen molar-refractivity contribution in [2.45, 2.75) is 56.8 Å². The van der Waals surface area contributed by atoms with E-state index in [0.29, 0.717) is 31.6 Å². The van der Waals surface area contributed by atoms with Gasteiger partial charge in [0, 0.05) is 31.3 Å². The molecule has 0 radical (unpaired) electrons. The molecule has 2 aliphatic heterocycles. The van der Waals surface area contributed by atoms with Gasteiger partial charge in [0.1, 0.15) is 5.54 Å². The topological polar surface area (TPSA) is 126 Å². The van der Waals surface area contributed by atoms with Gasteiger partial charge in [-0.2, -0.15) is 0 Å². The van der Waals surface area contributed by atoms with E-state index in [1.165, 1.54) is 6.92 Å². The van der Waals surface area contributed by atoms with Gasteiger partial charge in [-0.05, 0) is 37.1 Å². The fraction of sp³-hybridized carbons (Fsp3) is 0.565. The second-order valence-corrected chi connectivity index (χ2v) is 8.73. The highest BCUT2D eigenvalue weighted by molar-refractivity contribution is 6.01. The zero-order valence-electron chi connectivity index (χ0n) is 18.7. The number of carbonyl (C=O) groups is 4. The van der Waals surface area contributed by atoms with Gasteiger partial charge in [0.2, 0.25) is 12.1 Å². The minimum absolute atomic E-state index is 0.338. The lowest BCUT2D eigenvalue weighted by atomic mass is 9.80. The van der Waals surface area contributed by atoms with Crippen molar-refractivity contribution in [2.24, 2.45) is 0 Å². The number of rotatable bonds is 6. The zero-order valence-corrected chi connectivity index (χ0v) is 18.7. The highest BCUT2D eigenvalue weighted by atomic mass is 16.6. The van der Waals surface area contributed by atoms with Crippen molar-refractivity contribution in [3.63, 3.8) is 0 Å². The van der Waals surface area contributed by atoms with Crippen LogP contribution in [0, 0.1) is 0 Å². The number of nitrogens with one attached hydrogen (secondary N) is 3. The number of nitrogens with zero attached hydrogens (tertiary/aromatic N) is 1. The Balaban J connectivity index is 1.44. The van der Waals surface area contributed by atoms with Crippen molar-refractivity contribution in [2.75, 3.05) is 31.2 Å². The van der Waals surface area contributed by atoms with Gasteiger partial charge in [0.25, 0.3) is 11.8 Å². The number of β-lactam (4-membered cyclic amide) rings is 1. The molecule has 178 valence electrons. The molecule has 10 heteroatoms. The fourth-order valence-electron chi connectivity index (χ4n) is 4.55. The molecular weight excluding hydrogens is 428 g/mol. The number of hydrogen-bond acceptors (Lipinski definition) is 7. The summed E-state index contributed by atoms with van der Waals surface area (Å²) < 4.78 is 10.4. The maximum atomic E-state index is 13.3. The number of anilines is 1. The Morgan fingerprint density at radius 2 is 1.76 bits per heavy atom. The summed E-state index contributed by atoms with van der Waals surface area (Å²) in [6, 6.07) is 6.34. The summed E-state index contributed by atoms with van der Waals surface area (Å²) in [5.41, 5.74) is 0.367. The first kappa shape index (κ1) is 23.0. The first-order valence-corrected chi connectivity index (χ1v) is 11.4. The Morgan fingerprint density at radius 1 is 1.09 bits per heavy atom. The highest BCUT2D eigenvalue weighted by Crippen LogP contribution is 2.30. The van der Waals surface area contributed by atoms with Gasteiger partial charge in [-0.1, -0.05) is 19.3 Å². The second kappa shape index (κ2) is 9.78. The summed E-state index contributed by atoms with van der Waals surface area (Å²) >= 11 is 0. The van der Waals surface area contributed by atoms with Gasteiger partial charge in [0.05, 0.1) is 13.2 Å². The third-order valence-electron chi connectivity index (χ3n) is 6.45. The van der Waals surface area contributed by atoms with Crippen LogP contribution in [0.25, 0.3) is 0 Å². The number of ether oxygens (including phenoxy) is 2. The van der Waals surface area contributed by atoms with Crippen LogP contribution in [0.2, 0.25) is 0 Å². The summed E-state index contributed by atoms with van der Waals surface area (Å²) in [6.45, 7) is 4.20. The summed E-state index contributed by atoms with van der Waals surface area (Å²) in [6.07, 6.45) is 2.59. The lowest BCUT2D eigenvalue weighted by Gasteiger charge is -2.41. The molecule has 0 unspecified atom stereocenters. The summed E-state index contributed by atoms with van der Waals surface area (Å²) in [5, 5.41) is 8.08. The largest absolute Gasteiger partial charge is 0.439 e. The number of morpholine rings is 1. The first-order valence-electron chi connectivity index (χ1n) is 11.4. The second-order valence-electron chi connectivity index (χ2n) is 8.73. The van der Waals surface area contributed by atoms with E-state index >= 15 is 0 Å². The van der Waals surface area contributed by atoms with E-state index < -0.39 is 35.6 Å². The molecule has 3 N–H and O–H groups in total. The molecular formula is C23H30N4O6. The average molecular weight is 459 g/mol. The summed E-state index contributed by atoms with van der Waals surface area (Å²) in [5.74, 6) is -1.75. The monoisotopic (exact) mass is 458 g/mol. The third-order valence-corrected chi connectivity index (χ3v) is 6.45. The van der Waals surface area contributed by atoms with Gasteiger partial charge < -0.3 is 30.3 Å². The quantitative estimate of drug-likeness (QED) is 0.418. The maximum Gasteiger partial charge on any atom is 0.304 e. The molecule has 3 fully saturated rings. The lowest BCUT2D eigenvalue weighted by Crippen LogP contribution is -2.73. The van der Waals surface area contributed by atoms with Crippen molar-refractivity contribution in [1.29, 1.82) is 0 Å². The predicted octanol–water partition coefficient (Wildman–Crippen LogP) is 0.460. The molecule has 1 saturated carbocycles. The number of amides is 3. The third kappa shape index (κ3) is 5.11. The van der Waals surface area contributed by atoms with Gasteiger partial charge in [-0.15, -0.1) is 0 Å². The van der Waals surface area contributed by atoms with Crippen LogP contribution in [-0.4, -0.2) is 67.8 Å². The minimum atomic E-state index is -1.12. The number of benzene rings is 1. The minimum Gasteiger partial charge on any atom is -0.439 e. The lowest BCUT2D eigenvalue weighted by molar-refractivity contribution is -0.165. The van der Waals surface area contributed by atoms with Crippen molar-refractivity contribution < 1.29 is 28.7 Å². The molecule has 33 heavy (non-hydrogen) atoms. The molecule has 0 bridgehead atoms. The molecule has 2 atom stereocenters. The van der Waals surface area contributed by atoms with E-state index in [0.717, 1.165) is 38.0 Å². The SMILES string of the molecule is CC(=O)O[C@@H]1NC(=O)[C@H]1NC(=O)C1(NC(=O)c2ccc(N3CCOCC3)cc2)CCCCC1. The first-order chi connectivity index (χ1) is 15.9. The Hall–Kier alpha value is -3.14. The fourth-order valence-corrected chi connectivity index (χ4v) is 4.55. The van der Waals surface area contributed by atoms with Crippen LogP contribution >= 0.6 is 0 Å². The number of carbonyl (C=O) groups excluding carboxylic acids is 4. The molecule has 2 saturated heterocycles. The van der Waals surface area contributed by atoms with Gasteiger partial charge in [-0.25, -0.2) is 0 Å². The van der Waals surface area contributed by atoms with E-state index in [-0.39, 0.29) is 5.91 Å². The van der Waals surface area contributed by atoms with Crippen molar-refractivity contribution >= 4 is 29.4 Å². The van der Waals surface area contributed by atoms with E-state index in [4.69, 9.17) is 9.47 Å². The van der Waals surface area contributed by atoms with Crippen LogP contribution in [0.5, 0.6) is 0 Å². The molecule has 2 heterocycles. The standard InChI is InChI=1S/C23H30N4O6/c1-15(28)33-21-18(20(30)25-21)24-22(31)23(9-3-2-4-10-23)26-19(29)16-5-7-17(8-6-16)27-11-13-32-14-12-27/h5-8,18,21H,2-4,9-14H2,1H3,(H,24,31)(H,25,30)(H,26,29)/t18-,21+/m1/s1. The highest BCUT2D eigenvalue weighted by Gasteiger charge is 2.48. The zero-order chi connectivity index (χ0) is 23.4. The van der Waals surface area contributed by atoms with Crippen LogP contribution in [0.4, 0.5) is 5.69 Å². The molecule has 0 spiro atoms. The van der Waals surface area contributed by atoms with Crippen molar-refractivity contribution in [3.05, 3.63) is 29.8 Å². The normalized spacial score (nSPS) is 24.2.